The lowest BCUT2D eigenvalue weighted by atomic mass is 10.1. The Labute approximate surface area is 106 Å². The van der Waals surface area contributed by atoms with E-state index in [2.05, 4.69) is 6.07 Å². The molecule has 2 rings (SSSR count). The van der Waals surface area contributed by atoms with Crippen LogP contribution >= 0.6 is 0 Å². The topological polar surface area (TPSA) is 59.0 Å². The van der Waals surface area contributed by atoms with Crippen LogP contribution in [0.2, 0.25) is 0 Å². The van der Waals surface area contributed by atoms with Crippen LogP contribution in [0.15, 0.2) is 42.5 Å². The molecule has 18 heavy (non-hydrogen) atoms. The molecule has 0 amide bonds. The van der Waals surface area contributed by atoms with E-state index in [1.807, 2.05) is 37.3 Å². The number of hydrogen-bond donors (Lipinski definition) is 1. The molecule has 2 aromatic rings. The summed E-state index contributed by atoms with van der Waals surface area (Å²) in [4.78, 5) is 0. The number of nitriles is 1. The van der Waals surface area contributed by atoms with Crippen LogP contribution < -0.4 is 10.5 Å². The summed E-state index contributed by atoms with van der Waals surface area (Å²) < 4.78 is 5.71. The predicted octanol–water partition coefficient (Wildman–Crippen LogP) is 3.03. The number of hydrogen-bond acceptors (Lipinski definition) is 3. The highest BCUT2D eigenvalue weighted by molar-refractivity contribution is 5.43. The SMILES string of the molecule is Cc1ccc(C#N)cc1OCc1cccc(N)c1. The molecule has 90 valence electrons. The summed E-state index contributed by atoms with van der Waals surface area (Å²) in [6.07, 6.45) is 0. The Kier molecular flexibility index (Phi) is 3.49. The molecule has 0 unspecified atom stereocenters. The van der Waals surface area contributed by atoms with E-state index in [1.54, 1.807) is 12.1 Å². The lowest BCUT2D eigenvalue weighted by molar-refractivity contribution is 0.304. The zero-order valence-electron chi connectivity index (χ0n) is 10.2. The van der Waals surface area contributed by atoms with Gasteiger partial charge in [0.05, 0.1) is 11.6 Å². The number of aryl methyl sites for hydroxylation is 1. The van der Waals surface area contributed by atoms with Crippen LogP contribution in [-0.4, -0.2) is 0 Å². The fourth-order valence-electron chi connectivity index (χ4n) is 1.67. The maximum Gasteiger partial charge on any atom is 0.124 e. The molecule has 0 aliphatic heterocycles. The molecule has 0 fully saturated rings. The van der Waals surface area contributed by atoms with Gasteiger partial charge in [-0.15, -0.1) is 0 Å². The number of rotatable bonds is 3. The minimum absolute atomic E-state index is 0.445. The Morgan fingerprint density at radius 1 is 1.22 bits per heavy atom. The number of benzene rings is 2. The Hall–Kier alpha value is -2.47. The highest BCUT2D eigenvalue weighted by Crippen LogP contribution is 2.20. The smallest absolute Gasteiger partial charge is 0.124 e. The van der Waals surface area contributed by atoms with Gasteiger partial charge in [0.25, 0.3) is 0 Å². The molecule has 2 aromatic carbocycles. The Bertz CT molecular complexity index is 600. The molecule has 0 saturated carbocycles. The van der Waals surface area contributed by atoms with E-state index in [1.165, 1.54) is 0 Å². The Morgan fingerprint density at radius 3 is 2.78 bits per heavy atom. The molecule has 0 bridgehead atoms. The van der Waals surface area contributed by atoms with E-state index in [4.69, 9.17) is 15.7 Å². The second-order valence-corrected chi connectivity index (χ2v) is 4.13. The highest BCUT2D eigenvalue weighted by atomic mass is 16.5. The van der Waals surface area contributed by atoms with Gasteiger partial charge in [-0.25, -0.2) is 0 Å². The molecule has 0 spiro atoms. The molecular weight excluding hydrogens is 224 g/mol. The zero-order valence-corrected chi connectivity index (χ0v) is 10.2. The number of nitrogens with two attached hydrogens (primary N) is 1. The molecule has 3 heteroatoms. The summed E-state index contributed by atoms with van der Waals surface area (Å²) in [6, 6.07) is 15.1. The minimum atomic E-state index is 0.445. The van der Waals surface area contributed by atoms with Crippen molar-refractivity contribution in [2.45, 2.75) is 13.5 Å². The van der Waals surface area contributed by atoms with E-state index in [0.29, 0.717) is 12.2 Å². The van der Waals surface area contributed by atoms with Crippen LogP contribution in [0, 0.1) is 18.3 Å². The van der Waals surface area contributed by atoms with Gasteiger partial charge in [-0.1, -0.05) is 18.2 Å². The molecule has 0 aromatic heterocycles. The van der Waals surface area contributed by atoms with Crippen molar-refractivity contribution in [3.8, 4) is 11.8 Å². The van der Waals surface area contributed by atoms with Crippen LogP contribution in [-0.2, 0) is 6.61 Å². The lowest BCUT2D eigenvalue weighted by Crippen LogP contribution is -1.98. The molecule has 2 N–H and O–H groups in total. The van der Waals surface area contributed by atoms with Gasteiger partial charge in [-0.2, -0.15) is 5.26 Å². The average Bonchev–Trinajstić information content (AvgIpc) is 2.38. The number of anilines is 1. The van der Waals surface area contributed by atoms with E-state index in [-0.39, 0.29) is 0 Å². The Balaban J connectivity index is 2.13. The van der Waals surface area contributed by atoms with Crippen molar-refractivity contribution in [1.29, 1.82) is 5.26 Å². The average molecular weight is 238 g/mol. The van der Waals surface area contributed by atoms with Crippen LogP contribution in [0.25, 0.3) is 0 Å². The summed E-state index contributed by atoms with van der Waals surface area (Å²) in [5, 5.41) is 8.85. The summed E-state index contributed by atoms with van der Waals surface area (Å²) in [5.41, 5.74) is 9.05. The van der Waals surface area contributed by atoms with E-state index in [9.17, 15) is 0 Å². The quantitative estimate of drug-likeness (QED) is 0.836. The van der Waals surface area contributed by atoms with Crippen molar-refractivity contribution >= 4 is 5.69 Å². The summed E-state index contributed by atoms with van der Waals surface area (Å²) in [6.45, 7) is 2.40. The third kappa shape index (κ3) is 2.80. The van der Waals surface area contributed by atoms with Crippen molar-refractivity contribution in [3.63, 3.8) is 0 Å². The van der Waals surface area contributed by atoms with Crippen molar-refractivity contribution < 1.29 is 4.74 Å². The molecule has 0 heterocycles. The fraction of sp³-hybridized carbons (Fsp3) is 0.133. The maximum atomic E-state index is 8.85. The van der Waals surface area contributed by atoms with Gasteiger partial charge in [-0.3, -0.25) is 0 Å². The monoisotopic (exact) mass is 238 g/mol. The molecule has 0 aliphatic rings. The van der Waals surface area contributed by atoms with Gasteiger partial charge in [-0.05, 0) is 42.3 Å². The highest BCUT2D eigenvalue weighted by Gasteiger charge is 2.02. The first-order valence-electron chi connectivity index (χ1n) is 5.67. The normalized spacial score (nSPS) is 9.78. The van der Waals surface area contributed by atoms with Crippen LogP contribution in [0.4, 0.5) is 5.69 Å². The predicted molar refractivity (Wildman–Crippen MR) is 71.1 cm³/mol. The molecule has 0 aliphatic carbocycles. The molecule has 0 atom stereocenters. The maximum absolute atomic E-state index is 8.85. The first kappa shape index (κ1) is 12.0. The van der Waals surface area contributed by atoms with Crippen molar-refractivity contribution in [2.75, 3.05) is 5.73 Å². The van der Waals surface area contributed by atoms with E-state index < -0.39 is 0 Å². The first-order chi connectivity index (χ1) is 8.69. The molecule has 3 nitrogen and oxygen atoms in total. The number of ether oxygens (including phenoxy) is 1. The largest absolute Gasteiger partial charge is 0.489 e. The number of nitrogens with zero attached hydrogens (tertiary/aromatic N) is 1. The zero-order chi connectivity index (χ0) is 13.0. The second-order valence-electron chi connectivity index (χ2n) is 4.13. The summed E-state index contributed by atoms with van der Waals surface area (Å²) >= 11 is 0. The van der Waals surface area contributed by atoms with Crippen LogP contribution in [0.3, 0.4) is 0 Å². The van der Waals surface area contributed by atoms with Crippen molar-refractivity contribution in [3.05, 3.63) is 59.2 Å². The van der Waals surface area contributed by atoms with Crippen LogP contribution in [0.5, 0.6) is 5.75 Å². The first-order valence-corrected chi connectivity index (χ1v) is 5.67. The van der Waals surface area contributed by atoms with Crippen molar-refractivity contribution in [2.24, 2.45) is 0 Å². The third-order valence-electron chi connectivity index (χ3n) is 2.66. The Morgan fingerprint density at radius 2 is 2.06 bits per heavy atom. The lowest BCUT2D eigenvalue weighted by Gasteiger charge is -2.09. The molecular formula is C15H14N2O. The van der Waals surface area contributed by atoms with Gasteiger partial charge in [0, 0.05) is 5.69 Å². The summed E-state index contributed by atoms with van der Waals surface area (Å²) in [5.74, 6) is 0.733. The molecule has 0 saturated heterocycles. The van der Waals surface area contributed by atoms with E-state index in [0.717, 1.165) is 22.6 Å². The van der Waals surface area contributed by atoms with Gasteiger partial charge >= 0.3 is 0 Å². The number of nitrogen functional groups attached to an aromatic ring is 1. The third-order valence-corrected chi connectivity index (χ3v) is 2.66. The second kappa shape index (κ2) is 5.24. The van der Waals surface area contributed by atoms with Crippen LogP contribution in [0.1, 0.15) is 16.7 Å². The van der Waals surface area contributed by atoms with Gasteiger partial charge in [0.15, 0.2) is 0 Å². The minimum Gasteiger partial charge on any atom is -0.489 e. The van der Waals surface area contributed by atoms with Crippen molar-refractivity contribution in [1.82, 2.24) is 0 Å². The molecule has 0 radical (unpaired) electrons. The van der Waals surface area contributed by atoms with Gasteiger partial charge in [0.2, 0.25) is 0 Å². The standard InChI is InChI=1S/C15H14N2O/c1-11-5-6-12(9-16)8-15(11)18-10-13-3-2-4-14(17)7-13/h2-8H,10,17H2,1H3. The van der Waals surface area contributed by atoms with Gasteiger partial charge in [0.1, 0.15) is 12.4 Å². The van der Waals surface area contributed by atoms with Gasteiger partial charge < -0.3 is 10.5 Å². The fourth-order valence-corrected chi connectivity index (χ4v) is 1.67. The summed E-state index contributed by atoms with van der Waals surface area (Å²) in [7, 11) is 0. The van der Waals surface area contributed by atoms with E-state index >= 15 is 0 Å².